The van der Waals surface area contributed by atoms with Crippen molar-refractivity contribution in [1.82, 2.24) is 9.97 Å². The van der Waals surface area contributed by atoms with Gasteiger partial charge in [-0.2, -0.15) is 0 Å². The van der Waals surface area contributed by atoms with Gasteiger partial charge in [-0.15, -0.1) is 0 Å². The first-order valence-electron chi connectivity index (χ1n) is 5.52. The number of aliphatic hydroxyl groups is 1. The molecule has 0 aromatic carbocycles. The van der Waals surface area contributed by atoms with E-state index in [1.165, 1.54) is 6.33 Å². The van der Waals surface area contributed by atoms with Crippen LogP contribution in [0, 0.1) is 0 Å². The minimum Gasteiger partial charge on any atom is -0.391 e. The van der Waals surface area contributed by atoms with Crippen molar-refractivity contribution in [2.75, 3.05) is 24.6 Å². The zero-order chi connectivity index (χ0) is 12.5. The van der Waals surface area contributed by atoms with Crippen molar-refractivity contribution in [2.24, 2.45) is 0 Å². The highest BCUT2D eigenvalue weighted by Crippen LogP contribution is 2.27. The summed E-state index contributed by atoms with van der Waals surface area (Å²) in [6.45, 7) is 5.99. The van der Waals surface area contributed by atoms with Gasteiger partial charge >= 0.3 is 0 Å². The van der Waals surface area contributed by atoms with E-state index in [4.69, 9.17) is 16.3 Å². The van der Waals surface area contributed by atoms with Crippen molar-refractivity contribution in [1.29, 1.82) is 0 Å². The second-order valence-corrected chi connectivity index (χ2v) is 5.01. The number of rotatable bonds is 2. The predicted octanol–water partition coefficient (Wildman–Crippen LogP) is 1.24. The summed E-state index contributed by atoms with van der Waals surface area (Å²) < 4.78 is 5.64. The minimum atomic E-state index is -0.220. The summed E-state index contributed by atoms with van der Waals surface area (Å²) in [6, 6.07) is 0. The Bertz CT molecular complexity index is 412. The number of hydrogen-bond acceptors (Lipinski definition) is 5. The zero-order valence-electron chi connectivity index (χ0n) is 9.98. The largest absolute Gasteiger partial charge is 0.391 e. The predicted molar refractivity (Wildman–Crippen MR) is 65.2 cm³/mol. The van der Waals surface area contributed by atoms with Crippen LogP contribution in [-0.2, 0) is 11.3 Å². The molecule has 94 valence electrons. The molecule has 0 amide bonds. The highest BCUT2D eigenvalue weighted by molar-refractivity contribution is 6.30. The van der Waals surface area contributed by atoms with E-state index in [9.17, 15) is 5.11 Å². The Hall–Kier alpha value is -0.910. The average molecular weight is 258 g/mol. The van der Waals surface area contributed by atoms with Gasteiger partial charge in [0.2, 0.25) is 0 Å². The van der Waals surface area contributed by atoms with Gasteiger partial charge in [-0.05, 0) is 13.8 Å². The Balaban J connectivity index is 2.30. The first kappa shape index (κ1) is 12.5. The first-order chi connectivity index (χ1) is 8.03. The normalized spacial score (nSPS) is 19.4. The third-order valence-corrected chi connectivity index (χ3v) is 3.08. The highest BCUT2D eigenvalue weighted by Gasteiger charge is 2.29. The lowest BCUT2D eigenvalue weighted by Gasteiger charge is -2.39. The number of morpholine rings is 1. The third kappa shape index (κ3) is 2.68. The van der Waals surface area contributed by atoms with E-state index in [1.807, 2.05) is 13.8 Å². The van der Waals surface area contributed by atoms with E-state index in [0.29, 0.717) is 29.7 Å². The monoisotopic (exact) mass is 257 g/mol. The molecule has 1 fully saturated rings. The van der Waals surface area contributed by atoms with Gasteiger partial charge in [0.05, 0.1) is 24.4 Å². The molecule has 1 aromatic rings. The highest BCUT2D eigenvalue weighted by atomic mass is 35.5. The van der Waals surface area contributed by atoms with E-state index in [1.54, 1.807) is 0 Å². The summed E-state index contributed by atoms with van der Waals surface area (Å²) in [4.78, 5) is 10.2. The molecule has 17 heavy (non-hydrogen) atoms. The Kier molecular flexibility index (Phi) is 3.51. The Morgan fingerprint density at radius 1 is 1.53 bits per heavy atom. The fourth-order valence-corrected chi connectivity index (χ4v) is 2.18. The summed E-state index contributed by atoms with van der Waals surface area (Å²) in [5.74, 6) is 0.698. The molecule has 0 unspecified atom stereocenters. The third-order valence-electron chi connectivity index (χ3n) is 2.75. The first-order valence-corrected chi connectivity index (χ1v) is 5.90. The molecule has 1 aliphatic heterocycles. The topological polar surface area (TPSA) is 58.5 Å². The molecule has 1 N–H and O–H groups in total. The van der Waals surface area contributed by atoms with Gasteiger partial charge in [0.25, 0.3) is 0 Å². The summed E-state index contributed by atoms with van der Waals surface area (Å²) in [5, 5.41) is 9.64. The molecule has 0 radical (unpaired) electrons. The number of halogens is 1. The van der Waals surface area contributed by atoms with Crippen LogP contribution < -0.4 is 4.90 Å². The summed E-state index contributed by atoms with van der Waals surface area (Å²) >= 11 is 5.95. The lowest BCUT2D eigenvalue weighted by molar-refractivity contribution is -0.0280. The Morgan fingerprint density at radius 2 is 2.29 bits per heavy atom. The molecule has 1 aromatic heterocycles. The lowest BCUT2D eigenvalue weighted by Crippen LogP contribution is -2.49. The van der Waals surface area contributed by atoms with E-state index < -0.39 is 0 Å². The number of anilines is 1. The van der Waals surface area contributed by atoms with E-state index >= 15 is 0 Å². The molecular weight excluding hydrogens is 242 g/mol. The van der Waals surface area contributed by atoms with Crippen LogP contribution in [0.4, 0.5) is 5.82 Å². The van der Waals surface area contributed by atoms with Crippen LogP contribution in [-0.4, -0.2) is 40.4 Å². The van der Waals surface area contributed by atoms with Gasteiger partial charge in [0.15, 0.2) is 0 Å². The van der Waals surface area contributed by atoms with E-state index in [2.05, 4.69) is 14.9 Å². The average Bonchev–Trinajstić information content (AvgIpc) is 2.27. The molecular formula is C11H16ClN3O2. The van der Waals surface area contributed by atoms with Crippen LogP contribution >= 0.6 is 11.6 Å². The molecule has 0 spiro atoms. The summed E-state index contributed by atoms with van der Waals surface area (Å²) in [7, 11) is 0. The van der Waals surface area contributed by atoms with Gasteiger partial charge in [-0.25, -0.2) is 9.97 Å². The molecule has 1 aliphatic rings. The van der Waals surface area contributed by atoms with Crippen molar-refractivity contribution < 1.29 is 9.84 Å². The molecule has 0 bridgehead atoms. The SMILES string of the molecule is CC1(C)CN(c2ncnc(Cl)c2CO)CCO1. The van der Waals surface area contributed by atoms with Crippen LogP contribution in [0.1, 0.15) is 19.4 Å². The number of ether oxygens (including phenoxy) is 1. The standard InChI is InChI=1S/C11H16ClN3O2/c1-11(2)6-15(3-4-17-11)10-8(5-16)9(12)13-7-14-10/h7,16H,3-6H2,1-2H3. The zero-order valence-corrected chi connectivity index (χ0v) is 10.7. The summed E-state index contributed by atoms with van der Waals surface area (Å²) in [6.07, 6.45) is 1.42. The minimum absolute atomic E-state index is 0.160. The molecule has 6 heteroatoms. The quantitative estimate of drug-likeness (QED) is 0.808. The molecule has 2 heterocycles. The van der Waals surface area contributed by atoms with Gasteiger partial charge in [-0.3, -0.25) is 0 Å². The van der Waals surface area contributed by atoms with Gasteiger partial charge in [-0.1, -0.05) is 11.6 Å². The Morgan fingerprint density at radius 3 is 2.94 bits per heavy atom. The van der Waals surface area contributed by atoms with Crippen LogP contribution in [0.3, 0.4) is 0 Å². The van der Waals surface area contributed by atoms with Crippen LogP contribution in [0.5, 0.6) is 0 Å². The molecule has 0 aliphatic carbocycles. The fourth-order valence-electron chi connectivity index (χ4n) is 1.99. The van der Waals surface area contributed by atoms with Crippen molar-refractivity contribution in [3.05, 3.63) is 17.0 Å². The van der Waals surface area contributed by atoms with E-state index in [-0.39, 0.29) is 12.2 Å². The van der Waals surface area contributed by atoms with Crippen LogP contribution in [0.15, 0.2) is 6.33 Å². The second kappa shape index (κ2) is 4.76. The molecule has 1 saturated heterocycles. The number of aromatic nitrogens is 2. The van der Waals surface area contributed by atoms with Crippen molar-refractivity contribution in [3.8, 4) is 0 Å². The van der Waals surface area contributed by atoms with Crippen molar-refractivity contribution >= 4 is 17.4 Å². The van der Waals surface area contributed by atoms with Crippen molar-refractivity contribution in [3.63, 3.8) is 0 Å². The van der Waals surface area contributed by atoms with Gasteiger partial charge in [0.1, 0.15) is 17.3 Å². The molecule has 0 atom stereocenters. The lowest BCUT2D eigenvalue weighted by atomic mass is 10.1. The second-order valence-electron chi connectivity index (χ2n) is 4.65. The maximum atomic E-state index is 9.34. The van der Waals surface area contributed by atoms with E-state index in [0.717, 1.165) is 6.54 Å². The molecule has 5 nitrogen and oxygen atoms in total. The van der Waals surface area contributed by atoms with Crippen molar-refractivity contribution in [2.45, 2.75) is 26.1 Å². The Labute approximate surface area is 105 Å². The van der Waals surface area contributed by atoms with Gasteiger partial charge in [0, 0.05) is 13.1 Å². The van der Waals surface area contributed by atoms with Crippen LogP contribution in [0.25, 0.3) is 0 Å². The molecule has 2 rings (SSSR count). The fraction of sp³-hybridized carbons (Fsp3) is 0.636. The van der Waals surface area contributed by atoms with Gasteiger partial charge < -0.3 is 14.7 Å². The maximum Gasteiger partial charge on any atom is 0.140 e. The maximum absolute atomic E-state index is 9.34. The molecule has 0 saturated carbocycles. The smallest absolute Gasteiger partial charge is 0.140 e. The van der Waals surface area contributed by atoms with Crippen LogP contribution in [0.2, 0.25) is 5.15 Å². The summed E-state index contributed by atoms with van der Waals surface area (Å²) in [5.41, 5.74) is 0.356. The number of aliphatic hydroxyl groups excluding tert-OH is 1. The number of nitrogens with zero attached hydrogens (tertiary/aromatic N) is 3. The number of hydrogen-bond donors (Lipinski definition) is 1.